The average molecular weight is 364 g/mol. The van der Waals surface area contributed by atoms with Crippen LogP contribution in [0.5, 0.6) is 0 Å². The molecule has 2 rings (SSSR count). The monoisotopic (exact) mass is 364 g/mol. The molecular weight excluding hydrogens is 340 g/mol. The summed E-state index contributed by atoms with van der Waals surface area (Å²) in [5.41, 5.74) is 0. The first-order valence-electron chi connectivity index (χ1n) is 8.44. The molecule has 3 N–H and O–H groups in total. The van der Waals surface area contributed by atoms with Crippen LogP contribution in [-0.4, -0.2) is 70.0 Å². The van der Waals surface area contributed by atoms with Gasteiger partial charge in [-0.3, -0.25) is 24.8 Å². The van der Waals surface area contributed by atoms with Crippen LogP contribution in [0.1, 0.15) is 27.7 Å². The molecule has 0 bridgehead atoms. The number of ether oxygens (including phenoxy) is 1. The zero-order chi connectivity index (χ0) is 19.3. The Balaban J connectivity index is 2.26. The van der Waals surface area contributed by atoms with Gasteiger partial charge in [0.2, 0.25) is 29.7 Å². The molecule has 0 saturated carbocycles. The third-order valence-corrected chi connectivity index (χ3v) is 3.32. The number of guanidine groups is 1. The van der Waals surface area contributed by atoms with Crippen molar-refractivity contribution >= 4 is 35.7 Å². The second kappa shape index (κ2) is 8.41. The Hall–Kier alpha value is -2.98. The zero-order valence-corrected chi connectivity index (χ0v) is 15.4. The van der Waals surface area contributed by atoms with E-state index in [0.29, 0.717) is 18.4 Å². The van der Waals surface area contributed by atoms with Crippen LogP contribution in [0.3, 0.4) is 0 Å². The van der Waals surface area contributed by atoms with Crippen LogP contribution in [0.2, 0.25) is 0 Å². The molecule has 1 fully saturated rings. The Kier molecular flexibility index (Phi) is 6.26. The lowest BCUT2D eigenvalue weighted by Crippen LogP contribution is -2.38. The molecule has 1 aromatic rings. The maximum Gasteiger partial charge on any atom is 0.326 e. The molecule has 142 valence electrons. The highest BCUT2D eigenvalue weighted by Gasteiger charge is 2.37. The number of carbonyl (C=O) groups is 2. The fourth-order valence-corrected chi connectivity index (χ4v) is 2.27. The Bertz CT molecular complexity index is 693. The molecule has 2 heterocycles. The predicted octanol–water partition coefficient (Wildman–Crippen LogP) is 0.270. The number of esters is 1. The topological polar surface area (TPSA) is 136 Å². The standard InChI is InChI=1S/C15H24N8O3/c1-5-17-13-19-14(18-9(3)4)21-15(20-13)23-7-10(24)22(12(23)16)8-11(25)26-6-2/h9,16H,5-8H2,1-4H3,(H2,17,18,19,20,21). The minimum absolute atomic E-state index is 0.0969. The summed E-state index contributed by atoms with van der Waals surface area (Å²) in [6, 6.07) is 0.0969. The van der Waals surface area contributed by atoms with Gasteiger partial charge in [-0.15, -0.1) is 0 Å². The second-order valence-electron chi connectivity index (χ2n) is 5.81. The van der Waals surface area contributed by atoms with E-state index in [9.17, 15) is 9.59 Å². The van der Waals surface area contributed by atoms with Gasteiger partial charge in [-0.1, -0.05) is 0 Å². The van der Waals surface area contributed by atoms with Gasteiger partial charge < -0.3 is 15.4 Å². The van der Waals surface area contributed by atoms with Gasteiger partial charge in [0.1, 0.15) is 13.1 Å². The molecule has 1 aromatic heterocycles. The Morgan fingerprint density at radius 3 is 2.58 bits per heavy atom. The summed E-state index contributed by atoms with van der Waals surface area (Å²) in [7, 11) is 0. The molecule has 0 radical (unpaired) electrons. The van der Waals surface area contributed by atoms with Gasteiger partial charge in [0.25, 0.3) is 0 Å². The van der Waals surface area contributed by atoms with E-state index in [1.54, 1.807) is 6.92 Å². The van der Waals surface area contributed by atoms with Gasteiger partial charge >= 0.3 is 5.97 Å². The van der Waals surface area contributed by atoms with Crippen LogP contribution in [0.25, 0.3) is 0 Å². The molecule has 1 aliphatic rings. The SMILES string of the molecule is CCNc1nc(NC(C)C)nc(N2CC(=O)N(CC(=O)OCC)C2=N)n1. The number of carbonyl (C=O) groups excluding carboxylic acids is 2. The first kappa shape index (κ1) is 19.3. The summed E-state index contributed by atoms with van der Waals surface area (Å²) in [5, 5.41) is 14.3. The van der Waals surface area contributed by atoms with E-state index in [0.717, 1.165) is 4.90 Å². The van der Waals surface area contributed by atoms with E-state index in [1.165, 1.54) is 4.90 Å². The third kappa shape index (κ3) is 4.55. The maximum atomic E-state index is 12.2. The van der Waals surface area contributed by atoms with Crippen molar-refractivity contribution in [2.45, 2.75) is 33.7 Å². The van der Waals surface area contributed by atoms with E-state index in [-0.39, 0.29) is 37.6 Å². The molecule has 0 atom stereocenters. The molecule has 26 heavy (non-hydrogen) atoms. The van der Waals surface area contributed by atoms with Crippen molar-refractivity contribution in [3.63, 3.8) is 0 Å². The lowest BCUT2D eigenvalue weighted by molar-refractivity contribution is -0.146. The molecule has 11 nitrogen and oxygen atoms in total. The van der Waals surface area contributed by atoms with E-state index in [1.807, 2.05) is 20.8 Å². The lowest BCUT2D eigenvalue weighted by atomic mass is 10.4. The summed E-state index contributed by atoms with van der Waals surface area (Å²) in [5.74, 6) is -0.309. The quantitative estimate of drug-likeness (QED) is 0.555. The number of rotatable bonds is 8. The number of hydrogen-bond donors (Lipinski definition) is 3. The smallest absolute Gasteiger partial charge is 0.326 e. The Morgan fingerprint density at radius 1 is 1.27 bits per heavy atom. The van der Waals surface area contributed by atoms with Gasteiger partial charge in [0.05, 0.1) is 6.61 Å². The molecular formula is C15H24N8O3. The van der Waals surface area contributed by atoms with Crippen molar-refractivity contribution < 1.29 is 14.3 Å². The fourth-order valence-electron chi connectivity index (χ4n) is 2.27. The van der Waals surface area contributed by atoms with Gasteiger partial charge in [-0.25, -0.2) is 0 Å². The van der Waals surface area contributed by atoms with E-state index in [2.05, 4.69) is 25.6 Å². The van der Waals surface area contributed by atoms with E-state index < -0.39 is 11.9 Å². The van der Waals surface area contributed by atoms with Crippen molar-refractivity contribution in [3.8, 4) is 0 Å². The molecule has 0 aliphatic carbocycles. The van der Waals surface area contributed by atoms with Crippen LogP contribution in [0, 0.1) is 5.41 Å². The normalized spacial score (nSPS) is 14.2. The van der Waals surface area contributed by atoms with Crippen LogP contribution >= 0.6 is 0 Å². The minimum Gasteiger partial charge on any atom is -0.465 e. The van der Waals surface area contributed by atoms with Gasteiger partial charge in [-0.05, 0) is 27.7 Å². The molecule has 0 unspecified atom stereocenters. The summed E-state index contributed by atoms with van der Waals surface area (Å²) < 4.78 is 4.85. The van der Waals surface area contributed by atoms with Crippen LogP contribution in [-0.2, 0) is 14.3 Å². The summed E-state index contributed by atoms with van der Waals surface area (Å²) in [6.45, 7) is 7.84. The summed E-state index contributed by atoms with van der Waals surface area (Å²) in [4.78, 5) is 39.1. The number of nitrogens with zero attached hydrogens (tertiary/aromatic N) is 5. The molecule has 0 aromatic carbocycles. The number of hydrogen-bond acceptors (Lipinski definition) is 9. The number of nitrogens with one attached hydrogen (secondary N) is 3. The molecule has 11 heteroatoms. The number of anilines is 3. The fraction of sp³-hybridized carbons (Fsp3) is 0.600. The molecule has 1 aliphatic heterocycles. The van der Waals surface area contributed by atoms with E-state index >= 15 is 0 Å². The number of aromatic nitrogens is 3. The predicted molar refractivity (Wildman–Crippen MR) is 96.2 cm³/mol. The van der Waals surface area contributed by atoms with Crippen molar-refractivity contribution in [1.29, 1.82) is 5.41 Å². The van der Waals surface area contributed by atoms with Gasteiger partial charge in [-0.2, -0.15) is 15.0 Å². The van der Waals surface area contributed by atoms with Crippen LogP contribution in [0.15, 0.2) is 0 Å². The van der Waals surface area contributed by atoms with Crippen molar-refractivity contribution in [1.82, 2.24) is 19.9 Å². The van der Waals surface area contributed by atoms with Gasteiger partial charge in [0, 0.05) is 12.6 Å². The summed E-state index contributed by atoms with van der Waals surface area (Å²) >= 11 is 0. The highest BCUT2D eigenvalue weighted by Crippen LogP contribution is 2.19. The highest BCUT2D eigenvalue weighted by molar-refractivity contribution is 6.13. The third-order valence-electron chi connectivity index (χ3n) is 3.32. The van der Waals surface area contributed by atoms with Crippen molar-refractivity contribution in [2.24, 2.45) is 0 Å². The number of amides is 1. The largest absolute Gasteiger partial charge is 0.465 e. The van der Waals surface area contributed by atoms with Crippen LogP contribution < -0.4 is 15.5 Å². The molecule has 1 saturated heterocycles. The average Bonchev–Trinajstić information content (AvgIpc) is 2.83. The molecule has 1 amide bonds. The molecule has 0 spiro atoms. The van der Waals surface area contributed by atoms with Crippen LogP contribution in [0.4, 0.5) is 17.8 Å². The maximum absolute atomic E-state index is 12.2. The minimum atomic E-state index is -0.571. The first-order chi connectivity index (χ1) is 12.3. The Labute approximate surface area is 151 Å². The lowest BCUT2D eigenvalue weighted by Gasteiger charge is -2.19. The highest BCUT2D eigenvalue weighted by atomic mass is 16.5. The van der Waals surface area contributed by atoms with Gasteiger partial charge in [0.15, 0.2) is 0 Å². The first-order valence-corrected chi connectivity index (χ1v) is 8.44. The van der Waals surface area contributed by atoms with Crippen molar-refractivity contribution in [2.75, 3.05) is 41.8 Å². The Morgan fingerprint density at radius 2 is 1.96 bits per heavy atom. The zero-order valence-electron chi connectivity index (χ0n) is 15.4. The van der Waals surface area contributed by atoms with E-state index in [4.69, 9.17) is 10.1 Å². The second-order valence-corrected chi connectivity index (χ2v) is 5.81. The summed E-state index contributed by atoms with van der Waals surface area (Å²) in [6.07, 6.45) is 0. The van der Waals surface area contributed by atoms with Crippen molar-refractivity contribution in [3.05, 3.63) is 0 Å².